The third kappa shape index (κ3) is 11.3. The fourth-order valence-corrected chi connectivity index (χ4v) is 0.836. The maximum absolute atomic E-state index is 2.25. The molecule has 0 fully saturated rings. The summed E-state index contributed by atoms with van der Waals surface area (Å²) in [6, 6.07) is 0. The van der Waals surface area contributed by atoms with Gasteiger partial charge < -0.3 is 21.5 Å². The van der Waals surface area contributed by atoms with E-state index in [1.165, 1.54) is 25.8 Å². The predicted molar refractivity (Wildman–Crippen MR) is 42.4 cm³/mol. The molecule has 0 rings (SSSR count). The average Bonchev–Trinajstić information content (AvgIpc) is 1.63. The van der Waals surface area contributed by atoms with Crippen molar-refractivity contribution in [2.24, 2.45) is 0 Å². The number of hydrogen-bond acceptors (Lipinski definition) is 0. The molecule has 0 unspecified atom stereocenters. The van der Waals surface area contributed by atoms with Gasteiger partial charge in [-0.05, 0) is 12.8 Å². The van der Waals surface area contributed by atoms with Crippen molar-refractivity contribution in [3.05, 3.63) is 0 Å². The first-order valence-corrected chi connectivity index (χ1v) is 3.86. The maximum Gasteiger partial charge on any atom is 0.0780 e. The van der Waals surface area contributed by atoms with Crippen molar-refractivity contribution in [1.29, 1.82) is 0 Å². The van der Waals surface area contributed by atoms with E-state index in [0.29, 0.717) is 0 Å². The van der Waals surface area contributed by atoms with Crippen LogP contribution >= 0.6 is 0 Å². The lowest BCUT2D eigenvalue weighted by molar-refractivity contribution is -0.870. The van der Waals surface area contributed by atoms with Gasteiger partial charge in [0.25, 0.3) is 0 Å². The molecule has 64 valence electrons. The Hall–Kier alpha value is 0.440. The van der Waals surface area contributed by atoms with Crippen molar-refractivity contribution >= 4 is 0 Å². The minimum atomic E-state index is 0. The van der Waals surface area contributed by atoms with Crippen LogP contribution in [0.4, 0.5) is 0 Å². The molecule has 10 heavy (non-hydrogen) atoms. The standard InChI is InChI=1S/C8H20N.BrH/c1-5-6-7-8-9(2,3)4;/h5-8H2,1-4H3;1H/q+1;/p-1. The average molecular weight is 210 g/mol. The summed E-state index contributed by atoms with van der Waals surface area (Å²) in [5.41, 5.74) is 0. The van der Waals surface area contributed by atoms with Gasteiger partial charge in [-0.2, -0.15) is 0 Å². The van der Waals surface area contributed by atoms with E-state index in [4.69, 9.17) is 0 Å². The summed E-state index contributed by atoms with van der Waals surface area (Å²) in [6.45, 7) is 3.56. The molecule has 1 nitrogen and oxygen atoms in total. The van der Waals surface area contributed by atoms with Gasteiger partial charge >= 0.3 is 0 Å². The van der Waals surface area contributed by atoms with E-state index in [9.17, 15) is 0 Å². The van der Waals surface area contributed by atoms with E-state index in [2.05, 4.69) is 28.1 Å². The highest BCUT2D eigenvalue weighted by Crippen LogP contribution is 1.98. The first-order valence-electron chi connectivity index (χ1n) is 3.86. The summed E-state index contributed by atoms with van der Waals surface area (Å²) in [7, 11) is 6.74. The van der Waals surface area contributed by atoms with Gasteiger partial charge in [-0.15, -0.1) is 0 Å². The Kier molecular flexibility index (Phi) is 8.06. The normalized spacial score (nSPS) is 10.8. The number of nitrogens with zero attached hydrogens (tertiary/aromatic N) is 1. The Morgan fingerprint density at radius 2 is 1.50 bits per heavy atom. The Bertz CT molecular complexity index is 66.1. The molecule has 0 aliphatic carbocycles. The first kappa shape index (κ1) is 13.1. The fourth-order valence-electron chi connectivity index (χ4n) is 0.836. The van der Waals surface area contributed by atoms with Crippen LogP contribution in [0.5, 0.6) is 0 Å². The zero-order chi connectivity index (χ0) is 7.33. The Morgan fingerprint density at radius 3 is 1.80 bits per heavy atom. The SMILES string of the molecule is CCCCC[N+](C)(C)C.[Br-]. The van der Waals surface area contributed by atoms with E-state index < -0.39 is 0 Å². The Balaban J connectivity index is 0. The van der Waals surface area contributed by atoms with Crippen LogP contribution in [-0.4, -0.2) is 32.2 Å². The van der Waals surface area contributed by atoms with Crippen LogP contribution in [0.2, 0.25) is 0 Å². The van der Waals surface area contributed by atoms with Crippen molar-refractivity contribution in [3.8, 4) is 0 Å². The van der Waals surface area contributed by atoms with Crippen LogP contribution in [0.1, 0.15) is 26.2 Å². The van der Waals surface area contributed by atoms with E-state index >= 15 is 0 Å². The largest absolute Gasteiger partial charge is 1.00 e. The van der Waals surface area contributed by atoms with Crippen LogP contribution in [0.15, 0.2) is 0 Å². The lowest BCUT2D eigenvalue weighted by Crippen LogP contribution is -3.00. The van der Waals surface area contributed by atoms with Crippen molar-refractivity contribution in [2.45, 2.75) is 26.2 Å². The second kappa shape index (κ2) is 6.17. The Labute approximate surface area is 75.8 Å². The summed E-state index contributed by atoms with van der Waals surface area (Å²) < 4.78 is 1.11. The molecular formula is C8H20BrN. The van der Waals surface area contributed by atoms with Gasteiger partial charge in [0.15, 0.2) is 0 Å². The molecule has 2 heteroatoms. The third-order valence-corrected chi connectivity index (χ3v) is 1.43. The minimum Gasteiger partial charge on any atom is -1.00 e. The lowest BCUT2D eigenvalue weighted by Gasteiger charge is -2.23. The van der Waals surface area contributed by atoms with Gasteiger partial charge in [0.1, 0.15) is 0 Å². The van der Waals surface area contributed by atoms with Crippen LogP contribution in [0, 0.1) is 0 Å². The molecule has 0 aromatic heterocycles. The summed E-state index contributed by atoms with van der Waals surface area (Å²) >= 11 is 0. The Morgan fingerprint density at radius 1 is 1.00 bits per heavy atom. The van der Waals surface area contributed by atoms with E-state index in [0.717, 1.165) is 4.48 Å². The van der Waals surface area contributed by atoms with E-state index in [1.54, 1.807) is 0 Å². The van der Waals surface area contributed by atoms with Crippen LogP contribution < -0.4 is 17.0 Å². The zero-order valence-corrected chi connectivity index (χ0v) is 9.24. The second-order valence-electron chi connectivity index (χ2n) is 3.72. The maximum atomic E-state index is 2.25. The zero-order valence-electron chi connectivity index (χ0n) is 7.65. The molecule has 0 radical (unpaired) electrons. The van der Waals surface area contributed by atoms with E-state index in [1.807, 2.05) is 0 Å². The molecule has 0 atom stereocenters. The summed E-state index contributed by atoms with van der Waals surface area (Å²) in [5, 5.41) is 0. The minimum absolute atomic E-state index is 0. The summed E-state index contributed by atoms with van der Waals surface area (Å²) in [4.78, 5) is 0. The highest BCUT2D eigenvalue weighted by atomic mass is 79.9. The van der Waals surface area contributed by atoms with Crippen LogP contribution in [0.25, 0.3) is 0 Å². The van der Waals surface area contributed by atoms with Crippen molar-refractivity contribution in [2.75, 3.05) is 27.7 Å². The second-order valence-corrected chi connectivity index (χ2v) is 3.72. The topological polar surface area (TPSA) is 0 Å². The number of rotatable bonds is 4. The van der Waals surface area contributed by atoms with Gasteiger partial charge in [-0.1, -0.05) is 13.3 Å². The highest BCUT2D eigenvalue weighted by Gasteiger charge is 2.03. The summed E-state index contributed by atoms with van der Waals surface area (Å²) in [5.74, 6) is 0. The molecule has 0 saturated heterocycles. The van der Waals surface area contributed by atoms with Crippen molar-refractivity contribution in [1.82, 2.24) is 0 Å². The van der Waals surface area contributed by atoms with Gasteiger partial charge in [-0.3, -0.25) is 0 Å². The number of quaternary nitrogens is 1. The monoisotopic (exact) mass is 209 g/mol. The smallest absolute Gasteiger partial charge is 0.0780 e. The molecular weight excluding hydrogens is 190 g/mol. The van der Waals surface area contributed by atoms with Gasteiger partial charge in [0.05, 0.1) is 27.7 Å². The fraction of sp³-hybridized carbons (Fsp3) is 1.00. The van der Waals surface area contributed by atoms with Gasteiger partial charge in [-0.25, -0.2) is 0 Å². The van der Waals surface area contributed by atoms with E-state index in [-0.39, 0.29) is 17.0 Å². The predicted octanol–water partition coefficient (Wildman–Crippen LogP) is -1.11. The molecule has 0 aliphatic heterocycles. The summed E-state index contributed by atoms with van der Waals surface area (Å²) in [6.07, 6.45) is 4.09. The lowest BCUT2D eigenvalue weighted by atomic mass is 10.2. The van der Waals surface area contributed by atoms with Gasteiger partial charge in [0.2, 0.25) is 0 Å². The number of unbranched alkanes of at least 4 members (excludes halogenated alkanes) is 2. The molecule has 0 heterocycles. The quantitative estimate of drug-likeness (QED) is 0.407. The number of halogens is 1. The molecule has 0 N–H and O–H groups in total. The molecule has 0 aromatic rings. The molecule has 0 amide bonds. The molecule has 0 saturated carbocycles. The first-order chi connectivity index (χ1) is 4.06. The molecule has 0 aromatic carbocycles. The van der Waals surface area contributed by atoms with Gasteiger partial charge in [0, 0.05) is 0 Å². The van der Waals surface area contributed by atoms with Crippen LogP contribution in [0.3, 0.4) is 0 Å². The number of hydrogen-bond donors (Lipinski definition) is 0. The highest BCUT2D eigenvalue weighted by molar-refractivity contribution is 4.34. The van der Waals surface area contributed by atoms with Crippen molar-refractivity contribution < 1.29 is 21.5 Å². The van der Waals surface area contributed by atoms with Crippen molar-refractivity contribution in [3.63, 3.8) is 0 Å². The van der Waals surface area contributed by atoms with Crippen LogP contribution in [-0.2, 0) is 0 Å². The molecule has 0 aliphatic rings. The third-order valence-electron chi connectivity index (χ3n) is 1.43. The molecule has 0 spiro atoms. The molecule has 0 bridgehead atoms.